The van der Waals surface area contributed by atoms with Crippen molar-refractivity contribution in [3.8, 4) is 5.75 Å². The molecule has 1 unspecified atom stereocenters. The standard InChI is InChI=1S/C27H35N3O2/c1-30(27(31)26-12-11-25(17-29-26)32-18-19-7-8-19)24-14-21-10-9-20(13-22(21)15-24)16-28-23-5-3-2-4-6-23/h9-13,17,19,23-24,28H,2-8,14-16,18H2,1H3. The van der Waals surface area contributed by atoms with Gasteiger partial charge in [0.2, 0.25) is 0 Å². The van der Waals surface area contributed by atoms with E-state index in [0.29, 0.717) is 17.7 Å². The van der Waals surface area contributed by atoms with Crippen LogP contribution < -0.4 is 10.1 Å². The Morgan fingerprint density at radius 3 is 2.62 bits per heavy atom. The van der Waals surface area contributed by atoms with Gasteiger partial charge in [-0.3, -0.25) is 4.79 Å². The second kappa shape index (κ2) is 9.62. The first kappa shape index (κ1) is 21.4. The van der Waals surface area contributed by atoms with E-state index in [4.69, 9.17) is 4.74 Å². The summed E-state index contributed by atoms with van der Waals surface area (Å²) in [5.41, 5.74) is 4.59. The van der Waals surface area contributed by atoms with Crippen molar-refractivity contribution < 1.29 is 9.53 Å². The van der Waals surface area contributed by atoms with Gasteiger partial charge in [-0.05, 0) is 73.3 Å². The fraction of sp³-hybridized carbons (Fsp3) is 0.556. The van der Waals surface area contributed by atoms with Crippen LogP contribution in [0.1, 0.15) is 72.1 Å². The number of carbonyl (C=O) groups excluding carboxylic acids is 1. The molecule has 170 valence electrons. The monoisotopic (exact) mass is 433 g/mol. The zero-order valence-electron chi connectivity index (χ0n) is 19.2. The number of hydrogen-bond donors (Lipinski definition) is 1. The van der Waals surface area contributed by atoms with Gasteiger partial charge in [-0.2, -0.15) is 0 Å². The van der Waals surface area contributed by atoms with E-state index in [-0.39, 0.29) is 11.9 Å². The van der Waals surface area contributed by atoms with Gasteiger partial charge >= 0.3 is 0 Å². The molecule has 0 aliphatic heterocycles. The molecule has 2 fully saturated rings. The Bertz CT molecular complexity index is 932. The Labute approximate surface area is 191 Å². The second-order valence-corrected chi connectivity index (χ2v) is 9.93. The number of benzene rings is 1. The highest BCUT2D eigenvalue weighted by Crippen LogP contribution is 2.30. The van der Waals surface area contributed by atoms with Crippen LogP contribution >= 0.6 is 0 Å². The number of rotatable bonds is 8. The summed E-state index contributed by atoms with van der Waals surface area (Å²) in [4.78, 5) is 19.3. The van der Waals surface area contributed by atoms with Crippen molar-refractivity contribution in [2.75, 3.05) is 13.7 Å². The average molecular weight is 434 g/mol. The number of pyridine rings is 1. The van der Waals surface area contributed by atoms with Crippen molar-refractivity contribution >= 4 is 5.91 Å². The van der Waals surface area contributed by atoms with Crippen LogP contribution in [0.4, 0.5) is 0 Å². The Kier molecular flexibility index (Phi) is 6.44. The first-order valence-electron chi connectivity index (χ1n) is 12.4. The molecular weight excluding hydrogens is 398 g/mol. The fourth-order valence-electron chi connectivity index (χ4n) is 5.04. The van der Waals surface area contributed by atoms with Gasteiger partial charge in [-0.25, -0.2) is 4.98 Å². The highest BCUT2D eigenvalue weighted by molar-refractivity contribution is 5.92. The number of carbonyl (C=O) groups is 1. The SMILES string of the molecule is CN(C(=O)c1ccc(OCC2CC2)cn1)C1Cc2ccc(CNC3CCCCC3)cc2C1. The Morgan fingerprint density at radius 2 is 1.88 bits per heavy atom. The molecule has 32 heavy (non-hydrogen) atoms. The van der Waals surface area contributed by atoms with Crippen LogP contribution in [0.25, 0.3) is 0 Å². The number of ether oxygens (including phenoxy) is 1. The van der Waals surface area contributed by atoms with E-state index in [9.17, 15) is 4.79 Å². The van der Waals surface area contributed by atoms with Crippen LogP contribution in [0.3, 0.4) is 0 Å². The lowest BCUT2D eigenvalue weighted by atomic mass is 9.95. The van der Waals surface area contributed by atoms with Gasteiger partial charge in [-0.1, -0.05) is 37.5 Å². The summed E-state index contributed by atoms with van der Waals surface area (Å²) in [7, 11) is 1.91. The summed E-state index contributed by atoms with van der Waals surface area (Å²) in [5, 5.41) is 3.74. The van der Waals surface area contributed by atoms with E-state index >= 15 is 0 Å². The van der Waals surface area contributed by atoms with Gasteiger partial charge in [-0.15, -0.1) is 0 Å². The molecule has 1 heterocycles. The topological polar surface area (TPSA) is 54.5 Å². The van der Waals surface area contributed by atoms with Crippen molar-refractivity contribution in [3.05, 3.63) is 58.9 Å². The van der Waals surface area contributed by atoms with Gasteiger partial charge in [0.1, 0.15) is 11.4 Å². The van der Waals surface area contributed by atoms with E-state index in [2.05, 4.69) is 28.5 Å². The van der Waals surface area contributed by atoms with Crippen molar-refractivity contribution in [1.29, 1.82) is 0 Å². The molecule has 1 N–H and O–H groups in total. The quantitative estimate of drug-likeness (QED) is 0.664. The minimum Gasteiger partial charge on any atom is -0.492 e. The predicted octanol–water partition coefficient (Wildman–Crippen LogP) is 4.53. The van der Waals surface area contributed by atoms with Crippen LogP contribution in [0.15, 0.2) is 36.5 Å². The molecule has 5 heteroatoms. The van der Waals surface area contributed by atoms with Crippen LogP contribution in [0, 0.1) is 5.92 Å². The maximum atomic E-state index is 13.0. The summed E-state index contributed by atoms with van der Waals surface area (Å²) in [6, 6.07) is 11.4. The molecule has 3 aliphatic carbocycles. The third-order valence-corrected chi connectivity index (χ3v) is 7.39. The number of hydrogen-bond acceptors (Lipinski definition) is 4. The van der Waals surface area contributed by atoms with Crippen molar-refractivity contribution in [2.24, 2.45) is 5.92 Å². The number of fused-ring (bicyclic) bond motifs is 1. The van der Waals surface area contributed by atoms with Crippen molar-refractivity contribution in [1.82, 2.24) is 15.2 Å². The first-order valence-corrected chi connectivity index (χ1v) is 12.4. The van der Waals surface area contributed by atoms with Crippen LogP contribution in [0.2, 0.25) is 0 Å². The van der Waals surface area contributed by atoms with Gasteiger partial charge in [0, 0.05) is 25.7 Å². The molecule has 0 spiro atoms. The lowest BCUT2D eigenvalue weighted by molar-refractivity contribution is 0.0731. The third-order valence-electron chi connectivity index (χ3n) is 7.39. The van der Waals surface area contributed by atoms with Gasteiger partial charge < -0.3 is 15.0 Å². The Balaban J connectivity index is 1.16. The van der Waals surface area contributed by atoms with Gasteiger partial charge in [0.25, 0.3) is 5.91 Å². The molecule has 2 aromatic rings. The van der Waals surface area contributed by atoms with Crippen LogP contribution in [-0.4, -0.2) is 41.5 Å². The highest BCUT2D eigenvalue weighted by atomic mass is 16.5. The van der Waals surface area contributed by atoms with E-state index in [0.717, 1.165) is 31.7 Å². The van der Waals surface area contributed by atoms with E-state index in [1.807, 2.05) is 18.0 Å². The summed E-state index contributed by atoms with van der Waals surface area (Å²) >= 11 is 0. The minimum absolute atomic E-state index is 0.0178. The maximum absolute atomic E-state index is 13.0. The molecule has 3 aliphatic rings. The summed E-state index contributed by atoms with van der Waals surface area (Å²) < 4.78 is 5.74. The van der Waals surface area contributed by atoms with Crippen LogP contribution in [-0.2, 0) is 19.4 Å². The molecule has 1 aromatic carbocycles. The molecule has 0 saturated heterocycles. The maximum Gasteiger partial charge on any atom is 0.272 e. The van der Waals surface area contributed by atoms with Crippen molar-refractivity contribution in [3.63, 3.8) is 0 Å². The lowest BCUT2D eigenvalue weighted by Crippen LogP contribution is -2.38. The van der Waals surface area contributed by atoms with E-state index in [1.54, 1.807) is 12.3 Å². The summed E-state index contributed by atoms with van der Waals surface area (Å²) in [5.74, 6) is 1.43. The van der Waals surface area contributed by atoms with Gasteiger partial charge in [0.05, 0.1) is 12.8 Å². The Hall–Kier alpha value is -2.40. The molecule has 1 aromatic heterocycles. The van der Waals surface area contributed by atoms with E-state index in [1.165, 1.54) is 61.6 Å². The number of nitrogens with one attached hydrogen (secondary N) is 1. The molecule has 0 radical (unpaired) electrons. The molecule has 2 saturated carbocycles. The first-order chi connectivity index (χ1) is 15.7. The largest absolute Gasteiger partial charge is 0.492 e. The minimum atomic E-state index is -0.0178. The van der Waals surface area contributed by atoms with Gasteiger partial charge in [0.15, 0.2) is 0 Å². The van der Waals surface area contributed by atoms with Crippen LogP contribution in [0.5, 0.6) is 5.75 Å². The lowest BCUT2D eigenvalue weighted by Gasteiger charge is -2.24. The molecule has 1 amide bonds. The zero-order chi connectivity index (χ0) is 21.9. The average Bonchev–Trinajstić information content (AvgIpc) is 3.58. The predicted molar refractivity (Wildman–Crippen MR) is 126 cm³/mol. The molecular formula is C27H35N3O2. The zero-order valence-corrected chi connectivity index (χ0v) is 19.2. The second-order valence-electron chi connectivity index (χ2n) is 9.93. The molecule has 0 bridgehead atoms. The summed E-state index contributed by atoms with van der Waals surface area (Å²) in [6.07, 6.45) is 12.7. The normalized spacial score (nSPS) is 20.7. The fourth-order valence-corrected chi connectivity index (χ4v) is 5.04. The molecule has 5 nitrogen and oxygen atoms in total. The highest BCUT2D eigenvalue weighted by Gasteiger charge is 2.29. The Morgan fingerprint density at radius 1 is 1.06 bits per heavy atom. The molecule has 5 rings (SSSR count). The number of likely N-dealkylation sites (N-methyl/N-ethyl adjacent to an activating group) is 1. The van der Waals surface area contributed by atoms with Crippen molar-refractivity contribution in [2.45, 2.75) is 76.4 Å². The van der Waals surface area contributed by atoms with E-state index < -0.39 is 0 Å². The summed E-state index contributed by atoms with van der Waals surface area (Å²) in [6.45, 7) is 1.70. The smallest absolute Gasteiger partial charge is 0.272 e. The molecule has 1 atom stereocenters. The third kappa shape index (κ3) is 5.15. The number of amides is 1. The number of nitrogens with zero attached hydrogens (tertiary/aromatic N) is 2. The number of aromatic nitrogens is 1.